The minimum atomic E-state index is -0.213. The van der Waals surface area contributed by atoms with Crippen LogP contribution in [0, 0.1) is 5.82 Å². The first-order valence-electron chi connectivity index (χ1n) is 6.89. The van der Waals surface area contributed by atoms with Crippen LogP contribution in [-0.2, 0) is 5.41 Å². The zero-order valence-corrected chi connectivity index (χ0v) is 13.1. The highest BCUT2D eigenvalue weighted by Gasteiger charge is 2.19. The van der Waals surface area contributed by atoms with E-state index in [-0.39, 0.29) is 11.2 Å². The van der Waals surface area contributed by atoms with Gasteiger partial charge in [0.25, 0.3) is 0 Å². The van der Waals surface area contributed by atoms with Crippen molar-refractivity contribution in [2.45, 2.75) is 26.2 Å². The molecule has 1 aromatic carbocycles. The lowest BCUT2D eigenvalue weighted by Crippen LogP contribution is -2.08. The Morgan fingerprint density at radius 2 is 1.67 bits per heavy atom. The van der Waals surface area contributed by atoms with Gasteiger partial charge in [-0.2, -0.15) is 0 Å². The van der Waals surface area contributed by atoms with Crippen molar-refractivity contribution in [2.75, 3.05) is 0 Å². The molecule has 2 aromatic heterocycles. The van der Waals surface area contributed by atoms with Gasteiger partial charge in [-0.15, -0.1) is 11.3 Å². The molecule has 0 fully saturated rings. The standard InChI is InChI=1S/C18H17FOS/c1-18(2,3)17-9-8-15(20-17)16-10-13(11-21-16)12-4-6-14(19)7-5-12/h4-11H,1-3H3. The molecule has 0 N–H and O–H groups in total. The van der Waals surface area contributed by atoms with Gasteiger partial charge in [0, 0.05) is 5.41 Å². The highest BCUT2D eigenvalue weighted by molar-refractivity contribution is 7.13. The normalized spacial score (nSPS) is 11.8. The number of rotatable bonds is 2. The predicted octanol–water partition coefficient (Wildman–Crippen LogP) is 6.11. The van der Waals surface area contributed by atoms with Gasteiger partial charge < -0.3 is 4.42 Å². The summed E-state index contributed by atoms with van der Waals surface area (Å²) in [5.41, 5.74) is 2.11. The van der Waals surface area contributed by atoms with E-state index in [1.165, 1.54) is 12.1 Å². The average Bonchev–Trinajstić information content (AvgIpc) is 3.07. The van der Waals surface area contributed by atoms with Gasteiger partial charge >= 0.3 is 0 Å². The van der Waals surface area contributed by atoms with Gasteiger partial charge in [0.15, 0.2) is 0 Å². The van der Waals surface area contributed by atoms with E-state index in [0.29, 0.717) is 0 Å². The van der Waals surface area contributed by atoms with Crippen molar-refractivity contribution in [1.29, 1.82) is 0 Å². The van der Waals surface area contributed by atoms with E-state index in [2.05, 4.69) is 32.2 Å². The SMILES string of the molecule is CC(C)(C)c1ccc(-c2cc(-c3ccc(F)cc3)cs2)o1. The molecule has 3 rings (SSSR count). The monoisotopic (exact) mass is 300 g/mol. The molecular weight excluding hydrogens is 283 g/mol. The molecule has 108 valence electrons. The van der Waals surface area contributed by atoms with Crippen LogP contribution in [0.15, 0.2) is 52.3 Å². The molecule has 0 bridgehead atoms. The molecule has 0 amide bonds. The Kier molecular flexibility index (Phi) is 3.46. The van der Waals surface area contributed by atoms with Crippen LogP contribution >= 0.6 is 11.3 Å². The molecule has 0 atom stereocenters. The summed E-state index contributed by atoms with van der Waals surface area (Å²) in [7, 11) is 0. The Morgan fingerprint density at radius 1 is 0.952 bits per heavy atom. The van der Waals surface area contributed by atoms with Crippen LogP contribution in [0.2, 0.25) is 0 Å². The Balaban J connectivity index is 1.91. The minimum absolute atomic E-state index is 0.00922. The second-order valence-corrected chi connectivity index (χ2v) is 7.03. The number of furan rings is 1. The van der Waals surface area contributed by atoms with Crippen molar-refractivity contribution in [3.63, 3.8) is 0 Å². The third-order valence-electron chi connectivity index (χ3n) is 3.37. The summed E-state index contributed by atoms with van der Waals surface area (Å²) in [6.45, 7) is 6.40. The molecule has 0 saturated carbocycles. The number of hydrogen-bond donors (Lipinski definition) is 0. The van der Waals surface area contributed by atoms with Crippen LogP contribution in [0.25, 0.3) is 21.8 Å². The summed E-state index contributed by atoms with van der Waals surface area (Å²) in [6, 6.07) is 12.7. The van der Waals surface area contributed by atoms with E-state index >= 15 is 0 Å². The van der Waals surface area contributed by atoms with E-state index in [1.54, 1.807) is 23.5 Å². The fraction of sp³-hybridized carbons (Fsp3) is 0.222. The van der Waals surface area contributed by atoms with Gasteiger partial charge in [0.2, 0.25) is 0 Å². The lowest BCUT2D eigenvalue weighted by molar-refractivity contribution is 0.417. The van der Waals surface area contributed by atoms with Crippen LogP contribution in [0.1, 0.15) is 26.5 Å². The highest BCUT2D eigenvalue weighted by Crippen LogP contribution is 2.35. The Hall–Kier alpha value is -1.87. The van der Waals surface area contributed by atoms with Crippen LogP contribution < -0.4 is 0 Å². The molecule has 2 heterocycles. The summed E-state index contributed by atoms with van der Waals surface area (Å²) in [4.78, 5) is 1.09. The van der Waals surface area contributed by atoms with Crippen LogP contribution in [0.5, 0.6) is 0 Å². The lowest BCUT2D eigenvalue weighted by Gasteiger charge is -2.13. The minimum Gasteiger partial charge on any atom is -0.460 e. The summed E-state index contributed by atoms with van der Waals surface area (Å²) in [5.74, 6) is 1.66. The largest absolute Gasteiger partial charge is 0.460 e. The van der Waals surface area contributed by atoms with Gasteiger partial charge in [-0.25, -0.2) is 4.39 Å². The molecule has 0 aliphatic heterocycles. The smallest absolute Gasteiger partial charge is 0.144 e. The third kappa shape index (κ3) is 2.93. The Bertz CT molecular complexity index is 744. The summed E-state index contributed by atoms with van der Waals surface area (Å²) < 4.78 is 18.9. The van der Waals surface area contributed by atoms with Crippen molar-refractivity contribution in [1.82, 2.24) is 0 Å². The Labute approximate surface area is 128 Å². The van der Waals surface area contributed by atoms with E-state index in [1.807, 2.05) is 12.1 Å². The second kappa shape index (κ2) is 5.15. The second-order valence-electron chi connectivity index (χ2n) is 6.12. The van der Waals surface area contributed by atoms with E-state index in [0.717, 1.165) is 27.5 Å². The fourth-order valence-electron chi connectivity index (χ4n) is 2.13. The van der Waals surface area contributed by atoms with Crippen molar-refractivity contribution in [3.05, 3.63) is 59.4 Å². The molecule has 3 heteroatoms. The van der Waals surface area contributed by atoms with Crippen molar-refractivity contribution < 1.29 is 8.81 Å². The van der Waals surface area contributed by atoms with Gasteiger partial charge in [-0.3, -0.25) is 0 Å². The van der Waals surface area contributed by atoms with E-state index in [4.69, 9.17) is 4.42 Å². The zero-order chi connectivity index (χ0) is 15.0. The maximum atomic E-state index is 13.0. The van der Waals surface area contributed by atoms with Gasteiger partial charge in [-0.1, -0.05) is 32.9 Å². The van der Waals surface area contributed by atoms with E-state index < -0.39 is 0 Å². The average molecular weight is 300 g/mol. The molecular formula is C18H17FOS. The molecule has 0 aliphatic carbocycles. The molecule has 0 spiro atoms. The maximum absolute atomic E-state index is 13.0. The first-order valence-corrected chi connectivity index (χ1v) is 7.76. The summed E-state index contributed by atoms with van der Waals surface area (Å²) in [5, 5.41) is 2.07. The first-order chi connectivity index (χ1) is 9.93. The molecule has 0 unspecified atom stereocenters. The third-order valence-corrected chi connectivity index (χ3v) is 4.31. The highest BCUT2D eigenvalue weighted by atomic mass is 32.1. The van der Waals surface area contributed by atoms with Crippen LogP contribution in [-0.4, -0.2) is 0 Å². The van der Waals surface area contributed by atoms with Crippen LogP contribution in [0.3, 0.4) is 0 Å². The number of hydrogen-bond acceptors (Lipinski definition) is 2. The summed E-state index contributed by atoms with van der Waals surface area (Å²) >= 11 is 1.64. The zero-order valence-electron chi connectivity index (χ0n) is 12.3. The Morgan fingerprint density at radius 3 is 2.29 bits per heavy atom. The fourth-order valence-corrected chi connectivity index (χ4v) is 3.01. The van der Waals surface area contributed by atoms with Crippen LogP contribution in [0.4, 0.5) is 4.39 Å². The van der Waals surface area contributed by atoms with Crippen molar-refractivity contribution >= 4 is 11.3 Å². The van der Waals surface area contributed by atoms with Gasteiger partial charge in [-0.05, 0) is 46.8 Å². The molecule has 3 aromatic rings. The maximum Gasteiger partial charge on any atom is 0.144 e. The number of benzene rings is 1. The molecule has 21 heavy (non-hydrogen) atoms. The topological polar surface area (TPSA) is 13.1 Å². The van der Waals surface area contributed by atoms with E-state index in [9.17, 15) is 4.39 Å². The number of halogens is 1. The van der Waals surface area contributed by atoms with Gasteiger partial charge in [0.05, 0.1) is 4.88 Å². The number of thiophene rings is 1. The first kappa shape index (κ1) is 14.1. The van der Waals surface area contributed by atoms with Gasteiger partial charge in [0.1, 0.15) is 17.3 Å². The molecule has 1 nitrogen and oxygen atoms in total. The van der Waals surface area contributed by atoms with Crippen molar-refractivity contribution in [3.8, 4) is 21.8 Å². The predicted molar refractivity (Wildman–Crippen MR) is 86.1 cm³/mol. The molecule has 0 saturated heterocycles. The lowest BCUT2D eigenvalue weighted by atomic mass is 9.94. The quantitative estimate of drug-likeness (QED) is 0.556. The van der Waals surface area contributed by atoms with Crippen molar-refractivity contribution in [2.24, 2.45) is 0 Å². The summed E-state index contributed by atoms with van der Waals surface area (Å²) in [6.07, 6.45) is 0. The molecule has 0 radical (unpaired) electrons. The molecule has 0 aliphatic rings.